The van der Waals surface area contributed by atoms with E-state index >= 15 is 0 Å². The van der Waals surface area contributed by atoms with Crippen LogP contribution in [0.1, 0.15) is 41.6 Å². The van der Waals surface area contributed by atoms with Gasteiger partial charge in [0.15, 0.2) is 0 Å². The van der Waals surface area contributed by atoms with Crippen LogP contribution >= 0.6 is 0 Å². The topological polar surface area (TPSA) is 95.5 Å². The van der Waals surface area contributed by atoms with Gasteiger partial charge in [0.1, 0.15) is 0 Å². The van der Waals surface area contributed by atoms with Crippen LogP contribution in [0.25, 0.3) is 0 Å². The molecule has 6 nitrogen and oxygen atoms in total. The first-order chi connectivity index (χ1) is 9.97. The van der Waals surface area contributed by atoms with Gasteiger partial charge in [-0.25, -0.2) is 4.79 Å². The van der Waals surface area contributed by atoms with E-state index in [1.54, 1.807) is 19.1 Å². The maximum Gasteiger partial charge on any atom is 0.336 e. The monoisotopic (exact) mass is 290 g/mol. The zero-order valence-corrected chi connectivity index (χ0v) is 11.8. The SMILES string of the molecule is Cc1c(NC(=O)CC2CCCC(=O)N2)cccc1C(=O)O. The van der Waals surface area contributed by atoms with E-state index in [0.29, 0.717) is 17.7 Å². The van der Waals surface area contributed by atoms with Crippen molar-refractivity contribution in [1.29, 1.82) is 0 Å². The average Bonchev–Trinajstić information content (AvgIpc) is 2.40. The summed E-state index contributed by atoms with van der Waals surface area (Å²) < 4.78 is 0. The lowest BCUT2D eigenvalue weighted by Crippen LogP contribution is -2.40. The fraction of sp³-hybridized carbons (Fsp3) is 0.400. The van der Waals surface area contributed by atoms with Crippen molar-refractivity contribution in [3.63, 3.8) is 0 Å². The van der Waals surface area contributed by atoms with Gasteiger partial charge in [-0.15, -0.1) is 0 Å². The number of benzene rings is 1. The van der Waals surface area contributed by atoms with E-state index in [2.05, 4.69) is 10.6 Å². The molecule has 2 rings (SSSR count). The highest BCUT2D eigenvalue weighted by Crippen LogP contribution is 2.20. The van der Waals surface area contributed by atoms with E-state index in [1.165, 1.54) is 6.07 Å². The van der Waals surface area contributed by atoms with Crippen LogP contribution in [0.4, 0.5) is 5.69 Å². The van der Waals surface area contributed by atoms with Crippen molar-refractivity contribution in [1.82, 2.24) is 5.32 Å². The minimum atomic E-state index is -1.02. The van der Waals surface area contributed by atoms with Crippen LogP contribution in [-0.2, 0) is 9.59 Å². The fourth-order valence-electron chi connectivity index (χ4n) is 2.46. The number of rotatable bonds is 4. The second-order valence-electron chi connectivity index (χ2n) is 5.19. The second-order valence-corrected chi connectivity index (χ2v) is 5.19. The molecule has 6 heteroatoms. The lowest BCUT2D eigenvalue weighted by Gasteiger charge is -2.22. The first-order valence-corrected chi connectivity index (χ1v) is 6.89. The lowest BCUT2D eigenvalue weighted by molar-refractivity contribution is -0.124. The van der Waals surface area contributed by atoms with Crippen molar-refractivity contribution in [2.75, 3.05) is 5.32 Å². The molecule has 0 radical (unpaired) electrons. The molecule has 1 unspecified atom stereocenters. The molecular formula is C15H18N2O4. The molecule has 0 aliphatic carbocycles. The van der Waals surface area contributed by atoms with Crippen molar-refractivity contribution in [3.8, 4) is 0 Å². The summed E-state index contributed by atoms with van der Waals surface area (Å²) in [5, 5.41) is 14.6. The number of amides is 2. The van der Waals surface area contributed by atoms with Crippen molar-refractivity contribution < 1.29 is 19.5 Å². The van der Waals surface area contributed by atoms with E-state index in [9.17, 15) is 14.4 Å². The molecule has 1 aliphatic heterocycles. The van der Waals surface area contributed by atoms with Gasteiger partial charge in [-0.2, -0.15) is 0 Å². The third-order valence-electron chi connectivity index (χ3n) is 3.59. The molecule has 21 heavy (non-hydrogen) atoms. The Morgan fingerprint density at radius 3 is 2.86 bits per heavy atom. The van der Waals surface area contributed by atoms with E-state index in [-0.39, 0.29) is 29.8 Å². The quantitative estimate of drug-likeness (QED) is 0.786. The summed E-state index contributed by atoms with van der Waals surface area (Å²) in [4.78, 5) is 34.3. The van der Waals surface area contributed by atoms with Gasteiger partial charge in [-0.05, 0) is 37.5 Å². The lowest BCUT2D eigenvalue weighted by atomic mass is 10.0. The van der Waals surface area contributed by atoms with Gasteiger partial charge in [0.05, 0.1) is 5.56 Å². The molecule has 1 aliphatic rings. The normalized spacial score (nSPS) is 18.0. The number of hydrogen-bond acceptors (Lipinski definition) is 3. The van der Waals surface area contributed by atoms with Crippen LogP contribution in [0, 0.1) is 6.92 Å². The van der Waals surface area contributed by atoms with Gasteiger partial charge >= 0.3 is 5.97 Å². The molecule has 1 saturated heterocycles. The zero-order chi connectivity index (χ0) is 15.4. The number of carboxylic acids is 1. The second kappa shape index (κ2) is 6.39. The summed E-state index contributed by atoms with van der Waals surface area (Å²) >= 11 is 0. The zero-order valence-electron chi connectivity index (χ0n) is 11.8. The van der Waals surface area contributed by atoms with Crippen LogP contribution in [-0.4, -0.2) is 28.9 Å². The Morgan fingerprint density at radius 1 is 1.43 bits per heavy atom. The summed E-state index contributed by atoms with van der Waals surface area (Å²) in [7, 11) is 0. The van der Waals surface area contributed by atoms with Crippen LogP contribution in [0.15, 0.2) is 18.2 Å². The molecule has 1 aromatic carbocycles. The fourth-order valence-corrected chi connectivity index (χ4v) is 2.46. The number of hydrogen-bond donors (Lipinski definition) is 3. The Kier molecular flexibility index (Phi) is 4.57. The Hall–Kier alpha value is -2.37. The summed E-state index contributed by atoms with van der Waals surface area (Å²) in [6.45, 7) is 1.65. The molecule has 0 saturated carbocycles. The number of anilines is 1. The maximum atomic E-state index is 12.0. The van der Waals surface area contributed by atoms with Gasteiger partial charge in [0.2, 0.25) is 11.8 Å². The highest BCUT2D eigenvalue weighted by Gasteiger charge is 2.21. The minimum Gasteiger partial charge on any atom is -0.478 e. The molecule has 0 bridgehead atoms. The highest BCUT2D eigenvalue weighted by atomic mass is 16.4. The van der Waals surface area contributed by atoms with E-state index < -0.39 is 5.97 Å². The van der Waals surface area contributed by atoms with Crippen LogP contribution in [0.2, 0.25) is 0 Å². The predicted octanol–water partition coefficient (Wildman–Crippen LogP) is 1.69. The molecule has 1 atom stereocenters. The Balaban J connectivity index is 2.01. The molecule has 112 valence electrons. The molecule has 1 aromatic rings. The molecule has 0 spiro atoms. The van der Waals surface area contributed by atoms with Crippen molar-refractivity contribution in [2.24, 2.45) is 0 Å². The number of piperidine rings is 1. The average molecular weight is 290 g/mol. The molecule has 2 amide bonds. The summed E-state index contributed by atoms with van der Waals surface area (Å²) in [6.07, 6.45) is 2.28. The van der Waals surface area contributed by atoms with Gasteiger partial charge in [0, 0.05) is 24.6 Å². The standard InChI is InChI=1S/C15H18N2O4/c1-9-11(15(20)21)5-3-6-12(9)17-14(19)8-10-4-2-7-13(18)16-10/h3,5-6,10H,2,4,7-8H2,1H3,(H,16,18)(H,17,19)(H,20,21). The first-order valence-electron chi connectivity index (χ1n) is 6.89. The Morgan fingerprint density at radius 2 is 2.19 bits per heavy atom. The minimum absolute atomic E-state index is 0.0249. The number of carboxylic acid groups (broad SMARTS) is 1. The summed E-state index contributed by atoms with van der Waals surface area (Å²) in [5.41, 5.74) is 1.17. The van der Waals surface area contributed by atoms with E-state index in [0.717, 1.165) is 12.8 Å². The molecule has 3 N–H and O–H groups in total. The van der Waals surface area contributed by atoms with Gasteiger partial charge in [-0.1, -0.05) is 6.07 Å². The number of aromatic carboxylic acids is 1. The third-order valence-corrected chi connectivity index (χ3v) is 3.59. The Labute approximate surface area is 122 Å². The third kappa shape index (κ3) is 3.81. The van der Waals surface area contributed by atoms with E-state index in [1.807, 2.05) is 0 Å². The number of carbonyl (C=O) groups is 3. The molecule has 0 aromatic heterocycles. The van der Waals surface area contributed by atoms with Crippen LogP contribution < -0.4 is 10.6 Å². The van der Waals surface area contributed by atoms with Crippen LogP contribution in [0.3, 0.4) is 0 Å². The number of carbonyl (C=O) groups excluding carboxylic acids is 2. The molecular weight excluding hydrogens is 272 g/mol. The number of nitrogens with one attached hydrogen (secondary N) is 2. The van der Waals surface area contributed by atoms with Crippen molar-refractivity contribution in [2.45, 2.75) is 38.6 Å². The van der Waals surface area contributed by atoms with Gasteiger partial charge < -0.3 is 15.7 Å². The maximum absolute atomic E-state index is 12.0. The van der Waals surface area contributed by atoms with Crippen molar-refractivity contribution in [3.05, 3.63) is 29.3 Å². The summed E-state index contributed by atoms with van der Waals surface area (Å²) in [5.74, 6) is -1.28. The predicted molar refractivity (Wildman–Crippen MR) is 77.2 cm³/mol. The molecule has 1 heterocycles. The smallest absolute Gasteiger partial charge is 0.336 e. The summed E-state index contributed by atoms with van der Waals surface area (Å²) in [6, 6.07) is 4.61. The van der Waals surface area contributed by atoms with Crippen LogP contribution in [0.5, 0.6) is 0 Å². The highest BCUT2D eigenvalue weighted by molar-refractivity contribution is 5.96. The largest absolute Gasteiger partial charge is 0.478 e. The Bertz CT molecular complexity index is 583. The molecule has 1 fully saturated rings. The van der Waals surface area contributed by atoms with Gasteiger partial charge in [0.25, 0.3) is 0 Å². The van der Waals surface area contributed by atoms with Gasteiger partial charge in [-0.3, -0.25) is 9.59 Å². The first kappa shape index (κ1) is 15.0. The van der Waals surface area contributed by atoms with E-state index in [4.69, 9.17) is 5.11 Å². The van der Waals surface area contributed by atoms with Crippen molar-refractivity contribution >= 4 is 23.5 Å².